The minimum absolute atomic E-state index is 0.0222. The van der Waals surface area contributed by atoms with E-state index in [9.17, 15) is 14.4 Å². The largest absolute Gasteiger partial charge is 0.355 e. The van der Waals surface area contributed by atoms with Crippen LogP contribution in [0.4, 0.5) is 0 Å². The van der Waals surface area contributed by atoms with E-state index < -0.39 is 0 Å². The van der Waals surface area contributed by atoms with Gasteiger partial charge in [-0.05, 0) is 30.7 Å². The highest BCUT2D eigenvalue weighted by atomic mass is 32.1. The number of amides is 3. The summed E-state index contributed by atoms with van der Waals surface area (Å²) in [6.45, 7) is 2.51. The van der Waals surface area contributed by atoms with Crippen LogP contribution >= 0.6 is 11.3 Å². The Morgan fingerprint density at radius 3 is 2.84 bits per heavy atom. The van der Waals surface area contributed by atoms with Crippen molar-refractivity contribution in [1.82, 2.24) is 15.5 Å². The van der Waals surface area contributed by atoms with Crippen LogP contribution in [0.2, 0.25) is 0 Å². The van der Waals surface area contributed by atoms with Gasteiger partial charge in [0.05, 0.1) is 5.92 Å². The van der Waals surface area contributed by atoms with Crippen molar-refractivity contribution in [3.8, 4) is 0 Å². The number of nitrogens with one attached hydrogen (secondary N) is 2. The fraction of sp³-hybridized carbons (Fsp3) is 0.588. The summed E-state index contributed by atoms with van der Waals surface area (Å²) in [6, 6.07) is 1.77. The molecule has 1 aromatic heterocycles. The van der Waals surface area contributed by atoms with Gasteiger partial charge in [-0.1, -0.05) is 0 Å². The summed E-state index contributed by atoms with van der Waals surface area (Å²) in [4.78, 5) is 37.9. The molecule has 0 bridgehead atoms. The van der Waals surface area contributed by atoms with Gasteiger partial charge in [0.15, 0.2) is 0 Å². The molecular weight excluding hydrogens is 340 g/mol. The minimum Gasteiger partial charge on any atom is -0.355 e. The lowest BCUT2D eigenvalue weighted by molar-refractivity contribution is -0.135. The molecule has 1 unspecified atom stereocenters. The standard InChI is InChI=1S/C17H26N4O3S/c18-6-8-20-16(23)13-3-2-9-21(11-13)15(22)4-1-7-19-17(24)14-5-10-25-12-14/h5,10,12-13H,1-4,6-9,11,18H2,(H,19,24)(H,20,23). The molecule has 0 aliphatic carbocycles. The molecule has 1 aliphatic rings. The lowest BCUT2D eigenvalue weighted by Crippen LogP contribution is -2.46. The first-order chi connectivity index (χ1) is 12.1. The van der Waals surface area contributed by atoms with Crippen molar-refractivity contribution in [2.24, 2.45) is 11.7 Å². The van der Waals surface area contributed by atoms with Gasteiger partial charge in [-0.25, -0.2) is 0 Å². The van der Waals surface area contributed by atoms with Crippen molar-refractivity contribution in [3.63, 3.8) is 0 Å². The Bertz CT molecular complexity index is 576. The highest BCUT2D eigenvalue weighted by molar-refractivity contribution is 7.08. The normalized spacial score (nSPS) is 17.2. The molecule has 8 heteroatoms. The zero-order valence-electron chi connectivity index (χ0n) is 14.3. The van der Waals surface area contributed by atoms with Crippen LogP contribution in [0.5, 0.6) is 0 Å². The van der Waals surface area contributed by atoms with E-state index >= 15 is 0 Å². The quantitative estimate of drug-likeness (QED) is 0.585. The maximum absolute atomic E-state index is 12.3. The van der Waals surface area contributed by atoms with E-state index in [2.05, 4.69) is 10.6 Å². The number of hydrogen-bond donors (Lipinski definition) is 3. The molecule has 0 saturated carbocycles. The number of likely N-dealkylation sites (tertiary alicyclic amines) is 1. The number of nitrogens with zero attached hydrogens (tertiary/aromatic N) is 1. The van der Waals surface area contributed by atoms with Crippen molar-refractivity contribution in [3.05, 3.63) is 22.4 Å². The monoisotopic (exact) mass is 366 g/mol. The molecule has 138 valence electrons. The Hall–Kier alpha value is -1.93. The zero-order valence-corrected chi connectivity index (χ0v) is 15.1. The van der Waals surface area contributed by atoms with Crippen molar-refractivity contribution < 1.29 is 14.4 Å². The summed E-state index contributed by atoms with van der Waals surface area (Å²) < 4.78 is 0. The Labute approximate surface area is 151 Å². The van der Waals surface area contributed by atoms with Gasteiger partial charge in [0, 0.05) is 50.1 Å². The summed E-state index contributed by atoms with van der Waals surface area (Å²) in [5.74, 6) is -0.238. The predicted molar refractivity (Wildman–Crippen MR) is 97.3 cm³/mol. The van der Waals surface area contributed by atoms with Crippen molar-refractivity contribution in [1.29, 1.82) is 0 Å². The van der Waals surface area contributed by atoms with Crippen LogP contribution in [0.3, 0.4) is 0 Å². The summed E-state index contributed by atoms with van der Waals surface area (Å²) in [6.07, 6.45) is 2.61. The summed E-state index contributed by atoms with van der Waals surface area (Å²) >= 11 is 1.48. The molecule has 1 atom stereocenters. The molecule has 1 saturated heterocycles. The first-order valence-electron chi connectivity index (χ1n) is 8.67. The molecular formula is C17H26N4O3S. The number of piperidine rings is 1. The number of nitrogens with two attached hydrogens (primary N) is 1. The molecule has 4 N–H and O–H groups in total. The summed E-state index contributed by atoms with van der Waals surface area (Å²) in [5.41, 5.74) is 6.05. The number of carbonyl (C=O) groups excluding carboxylic acids is 3. The molecule has 25 heavy (non-hydrogen) atoms. The van der Waals surface area contributed by atoms with Gasteiger partial charge in [-0.3, -0.25) is 14.4 Å². The van der Waals surface area contributed by atoms with Crippen LogP contribution in [0.15, 0.2) is 16.8 Å². The highest BCUT2D eigenvalue weighted by Crippen LogP contribution is 2.17. The molecule has 7 nitrogen and oxygen atoms in total. The second-order valence-corrected chi connectivity index (χ2v) is 6.91. The number of carbonyl (C=O) groups is 3. The van der Waals surface area contributed by atoms with Gasteiger partial charge in [0.25, 0.3) is 5.91 Å². The van der Waals surface area contributed by atoms with E-state index in [0.717, 1.165) is 12.8 Å². The molecule has 0 radical (unpaired) electrons. The molecule has 1 aromatic rings. The average molecular weight is 366 g/mol. The topological polar surface area (TPSA) is 105 Å². The molecule has 0 spiro atoms. The van der Waals surface area contributed by atoms with Gasteiger partial charge in [-0.15, -0.1) is 0 Å². The van der Waals surface area contributed by atoms with Crippen LogP contribution in [0, 0.1) is 5.92 Å². The summed E-state index contributed by atoms with van der Waals surface area (Å²) in [7, 11) is 0. The van der Waals surface area contributed by atoms with Crippen LogP contribution in [-0.4, -0.2) is 55.3 Å². The molecule has 1 aliphatic heterocycles. The van der Waals surface area contributed by atoms with Crippen molar-refractivity contribution in [2.75, 3.05) is 32.7 Å². The van der Waals surface area contributed by atoms with Crippen molar-refractivity contribution in [2.45, 2.75) is 25.7 Å². The molecule has 1 fully saturated rings. The van der Waals surface area contributed by atoms with Gasteiger partial charge in [0.2, 0.25) is 11.8 Å². The zero-order chi connectivity index (χ0) is 18.1. The highest BCUT2D eigenvalue weighted by Gasteiger charge is 2.27. The van der Waals surface area contributed by atoms with Crippen LogP contribution in [-0.2, 0) is 9.59 Å². The minimum atomic E-state index is -0.150. The maximum Gasteiger partial charge on any atom is 0.252 e. The van der Waals surface area contributed by atoms with E-state index in [-0.39, 0.29) is 23.6 Å². The van der Waals surface area contributed by atoms with Crippen LogP contribution < -0.4 is 16.4 Å². The molecule has 3 amide bonds. The Balaban J connectivity index is 1.67. The Kier molecular flexibility index (Phi) is 7.87. The van der Waals surface area contributed by atoms with E-state index in [1.165, 1.54) is 11.3 Å². The fourth-order valence-corrected chi connectivity index (χ4v) is 3.49. The van der Waals surface area contributed by atoms with Crippen molar-refractivity contribution >= 4 is 29.1 Å². The summed E-state index contributed by atoms with van der Waals surface area (Å²) in [5, 5.41) is 9.26. The first-order valence-corrected chi connectivity index (χ1v) is 9.62. The second kappa shape index (κ2) is 10.1. The third-order valence-electron chi connectivity index (χ3n) is 4.22. The second-order valence-electron chi connectivity index (χ2n) is 6.13. The lowest BCUT2D eigenvalue weighted by atomic mass is 9.96. The Morgan fingerprint density at radius 1 is 1.28 bits per heavy atom. The Morgan fingerprint density at radius 2 is 2.12 bits per heavy atom. The lowest BCUT2D eigenvalue weighted by Gasteiger charge is -2.32. The van der Waals surface area contributed by atoms with E-state index in [1.807, 2.05) is 5.38 Å². The number of rotatable bonds is 8. The molecule has 2 heterocycles. The predicted octanol–water partition coefficient (Wildman–Crippen LogP) is 0.572. The third kappa shape index (κ3) is 6.13. The maximum atomic E-state index is 12.3. The molecule has 0 aromatic carbocycles. The van der Waals surface area contributed by atoms with E-state index in [0.29, 0.717) is 51.1 Å². The van der Waals surface area contributed by atoms with Gasteiger partial charge in [0.1, 0.15) is 0 Å². The fourth-order valence-electron chi connectivity index (χ4n) is 2.85. The number of hydrogen-bond acceptors (Lipinski definition) is 5. The van der Waals surface area contributed by atoms with Crippen LogP contribution in [0.1, 0.15) is 36.0 Å². The van der Waals surface area contributed by atoms with E-state index in [4.69, 9.17) is 5.73 Å². The van der Waals surface area contributed by atoms with Gasteiger partial charge < -0.3 is 21.3 Å². The van der Waals surface area contributed by atoms with Gasteiger partial charge >= 0.3 is 0 Å². The number of thiophene rings is 1. The average Bonchev–Trinajstić information content (AvgIpc) is 3.17. The van der Waals surface area contributed by atoms with Gasteiger partial charge in [-0.2, -0.15) is 11.3 Å². The van der Waals surface area contributed by atoms with Crippen LogP contribution in [0.25, 0.3) is 0 Å². The first kappa shape index (κ1) is 19.4. The SMILES string of the molecule is NCCNC(=O)C1CCCN(C(=O)CCCNC(=O)c2ccsc2)C1. The molecule has 2 rings (SSSR count). The third-order valence-corrected chi connectivity index (χ3v) is 4.91. The smallest absolute Gasteiger partial charge is 0.252 e. The van der Waals surface area contributed by atoms with E-state index in [1.54, 1.807) is 16.3 Å².